The molecule has 3 aliphatic carbocycles. The third kappa shape index (κ3) is 6.18. The van der Waals surface area contributed by atoms with Crippen LogP contribution in [0, 0.1) is 23.7 Å². The van der Waals surface area contributed by atoms with Gasteiger partial charge in [0.25, 0.3) is 5.91 Å². The molecule has 1 aliphatic heterocycles. The summed E-state index contributed by atoms with van der Waals surface area (Å²) in [6.45, 7) is 5.30. The van der Waals surface area contributed by atoms with E-state index in [1.165, 1.54) is 4.90 Å². The molecule has 4 N–H and O–H groups in total. The highest BCUT2D eigenvalue weighted by atomic mass is 35.5. The molecular weight excluding hydrogens is 571 g/mol. The molecule has 0 radical (unpaired) electrons. The normalized spacial score (nSPS) is 25.9. The Balaban J connectivity index is 1.39. The Morgan fingerprint density at radius 3 is 2.22 bits per heavy atom. The van der Waals surface area contributed by atoms with E-state index in [9.17, 15) is 24.0 Å². The van der Waals surface area contributed by atoms with Crippen LogP contribution in [0.3, 0.4) is 0 Å². The fourth-order valence-electron chi connectivity index (χ4n) is 6.30. The minimum absolute atomic E-state index is 0.109. The van der Waals surface area contributed by atoms with Crippen LogP contribution in [0.1, 0.15) is 51.2 Å². The molecule has 1 saturated heterocycles. The van der Waals surface area contributed by atoms with Gasteiger partial charge in [-0.05, 0) is 63.0 Å². The molecule has 5 rings (SSSR count). The number of halogens is 2. The molecule has 2 saturated carbocycles. The lowest BCUT2D eigenvalue weighted by Gasteiger charge is -2.35. The maximum absolute atomic E-state index is 14.2. The van der Waals surface area contributed by atoms with Crippen molar-refractivity contribution in [3.05, 3.63) is 35.4 Å². The van der Waals surface area contributed by atoms with E-state index in [0.717, 1.165) is 24.0 Å². The van der Waals surface area contributed by atoms with E-state index in [0.29, 0.717) is 19.3 Å². The van der Waals surface area contributed by atoms with Crippen LogP contribution in [0.25, 0.3) is 0 Å². The number of primary amides is 1. The van der Waals surface area contributed by atoms with Gasteiger partial charge in [0.2, 0.25) is 17.6 Å². The van der Waals surface area contributed by atoms with Gasteiger partial charge in [0.05, 0.1) is 6.04 Å². The minimum atomic E-state index is -1.21. The monoisotopic (exact) mass is 606 g/mol. The van der Waals surface area contributed by atoms with E-state index in [-0.39, 0.29) is 24.3 Å². The van der Waals surface area contributed by atoms with Crippen molar-refractivity contribution in [2.45, 2.75) is 80.9 Å². The third-order valence-electron chi connectivity index (χ3n) is 8.52. The minimum Gasteiger partial charge on any atom is -0.444 e. The van der Waals surface area contributed by atoms with Gasteiger partial charge in [-0.3, -0.25) is 19.2 Å². The number of alkyl carbamates (subject to hydrolysis) is 1. The van der Waals surface area contributed by atoms with Gasteiger partial charge in [-0.1, -0.05) is 37.1 Å². The summed E-state index contributed by atoms with van der Waals surface area (Å²) in [5, 5.41) is 5.45. The standard InChI is InChI=1S/C29H36Cl2N4O6/c1-28(2,3)41-27(40)34-21(17-11-15-6-4-5-7-16(15)12-17)26(39)35-13-18-20(29(18,30)31)22(35)25(38)33-19(10-14-8-9-14)23(36)24(32)37/h4-7,14,17-22H,8-13H2,1-3H3,(H2,32,37)(H,33,38)(H,34,40)/t18-,19?,20-,21?,22?/m0/s1. The Hall–Kier alpha value is -2.85. The maximum atomic E-state index is 14.2. The molecule has 1 aromatic rings. The largest absolute Gasteiger partial charge is 0.444 e. The van der Waals surface area contributed by atoms with Crippen LogP contribution in [0.2, 0.25) is 0 Å². The number of Topliss-reactive ketones (excluding diaryl/α,β-unsaturated/α-hetero) is 1. The van der Waals surface area contributed by atoms with Crippen LogP contribution in [0.4, 0.5) is 4.79 Å². The predicted octanol–water partition coefficient (Wildman–Crippen LogP) is 2.26. The van der Waals surface area contributed by atoms with Crippen molar-refractivity contribution in [2.75, 3.05) is 6.54 Å². The smallest absolute Gasteiger partial charge is 0.408 e. The van der Waals surface area contributed by atoms with E-state index in [1.807, 2.05) is 24.3 Å². The Kier molecular flexibility index (Phi) is 7.78. The number of amides is 4. The molecule has 10 nitrogen and oxygen atoms in total. The lowest BCUT2D eigenvalue weighted by atomic mass is 9.94. The van der Waals surface area contributed by atoms with Gasteiger partial charge in [0.1, 0.15) is 22.0 Å². The number of alkyl halides is 2. The van der Waals surface area contributed by atoms with Gasteiger partial charge < -0.3 is 26.0 Å². The number of piperidine rings is 1. The number of benzene rings is 1. The van der Waals surface area contributed by atoms with Gasteiger partial charge in [0, 0.05) is 18.4 Å². The summed E-state index contributed by atoms with van der Waals surface area (Å²) in [5.41, 5.74) is 6.65. The summed E-state index contributed by atoms with van der Waals surface area (Å²) in [5.74, 6) is -4.08. The highest BCUT2D eigenvalue weighted by molar-refractivity contribution is 6.51. The molecule has 0 bridgehead atoms. The number of ether oxygens (including phenoxy) is 1. The lowest BCUT2D eigenvalue weighted by molar-refractivity contribution is -0.144. The number of nitrogens with two attached hydrogens (primary N) is 1. The SMILES string of the molecule is CC(C)(C)OC(=O)NC(C(=O)N1C[C@H]2[C@@H](C1C(=O)NC(CC1CC1)C(=O)C(N)=O)C2(Cl)Cl)C1Cc2ccccc2C1. The van der Waals surface area contributed by atoms with Gasteiger partial charge in [-0.15, -0.1) is 23.2 Å². The number of carbonyl (C=O) groups is 5. The summed E-state index contributed by atoms with van der Waals surface area (Å²) in [6.07, 6.45) is 2.46. The average molecular weight is 608 g/mol. The average Bonchev–Trinajstić information content (AvgIpc) is 3.63. The summed E-state index contributed by atoms with van der Waals surface area (Å²) < 4.78 is 4.26. The van der Waals surface area contributed by atoms with Crippen molar-refractivity contribution < 1.29 is 28.7 Å². The third-order valence-corrected chi connectivity index (χ3v) is 9.58. The lowest BCUT2D eigenvalue weighted by Crippen LogP contribution is -2.60. The Labute approximate surface area is 249 Å². The Bertz CT molecular complexity index is 1250. The molecule has 4 amide bonds. The van der Waals surface area contributed by atoms with E-state index in [2.05, 4.69) is 10.6 Å². The van der Waals surface area contributed by atoms with Crippen molar-refractivity contribution in [2.24, 2.45) is 29.4 Å². The number of likely N-dealkylation sites (tertiary alicyclic amines) is 1. The molecule has 0 spiro atoms. The fourth-order valence-corrected chi connectivity index (χ4v) is 7.13. The van der Waals surface area contributed by atoms with Gasteiger partial charge in [0.15, 0.2) is 0 Å². The molecule has 0 aromatic heterocycles. The van der Waals surface area contributed by atoms with E-state index in [4.69, 9.17) is 33.7 Å². The summed E-state index contributed by atoms with van der Waals surface area (Å²) in [6, 6.07) is 4.69. The van der Waals surface area contributed by atoms with Crippen LogP contribution in [0.5, 0.6) is 0 Å². The highest BCUT2D eigenvalue weighted by Crippen LogP contribution is 2.65. The number of hydrogen-bond acceptors (Lipinski definition) is 6. The second kappa shape index (κ2) is 10.8. The van der Waals surface area contributed by atoms with Crippen molar-refractivity contribution in [3.8, 4) is 0 Å². The molecule has 1 heterocycles. The van der Waals surface area contributed by atoms with Crippen LogP contribution in [-0.2, 0) is 36.8 Å². The van der Waals surface area contributed by atoms with Gasteiger partial charge >= 0.3 is 6.09 Å². The molecule has 222 valence electrons. The first-order valence-corrected chi connectivity index (χ1v) is 14.8. The number of nitrogens with zero attached hydrogens (tertiary/aromatic N) is 1. The molecule has 3 unspecified atom stereocenters. The topological polar surface area (TPSA) is 148 Å². The number of fused-ring (bicyclic) bond motifs is 2. The van der Waals surface area contributed by atoms with Crippen LogP contribution < -0.4 is 16.4 Å². The molecule has 41 heavy (non-hydrogen) atoms. The van der Waals surface area contributed by atoms with Crippen molar-refractivity contribution in [3.63, 3.8) is 0 Å². The highest BCUT2D eigenvalue weighted by Gasteiger charge is 2.74. The number of rotatable bonds is 9. The second-order valence-electron chi connectivity index (χ2n) is 12.8. The summed E-state index contributed by atoms with van der Waals surface area (Å²) >= 11 is 13.0. The second-order valence-corrected chi connectivity index (χ2v) is 14.2. The zero-order valence-corrected chi connectivity index (χ0v) is 24.8. The van der Waals surface area contributed by atoms with Crippen molar-refractivity contribution in [1.29, 1.82) is 0 Å². The number of nitrogens with one attached hydrogen (secondary N) is 2. The first kappa shape index (κ1) is 29.6. The molecular formula is C29H36Cl2N4O6. The molecule has 12 heteroatoms. The molecule has 4 aliphatic rings. The maximum Gasteiger partial charge on any atom is 0.408 e. The zero-order chi connectivity index (χ0) is 29.9. The van der Waals surface area contributed by atoms with E-state index in [1.54, 1.807) is 20.8 Å². The molecule has 1 aromatic carbocycles. The van der Waals surface area contributed by atoms with E-state index >= 15 is 0 Å². The summed E-state index contributed by atoms with van der Waals surface area (Å²) in [7, 11) is 0. The van der Waals surface area contributed by atoms with Crippen LogP contribution in [-0.4, -0.2) is 69.1 Å². The summed E-state index contributed by atoms with van der Waals surface area (Å²) in [4.78, 5) is 66.5. The fraction of sp³-hybridized carbons (Fsp3) is 0.621. The number of carbonyl (C=O) groups excluding carboxylic acids is 5. The van der Waals surface area contributed by atoms with Crippen LogP contribution in [0.15, 0.2) is 24.3 Å². The predicted molar refractivity (Wildman–Crippen MR) is 151 cm³/mol. The first-order valence-electron chi connectivity index (χ1n) is 14.1. The van der Waals surface area contributed by atoms with Gasteiger partial charge in [-0.25, -0.2) is 4.79 Å². The van der Waals surface area contributed by atoms with Crippen LogP contribution >= 0.6 is 23.2 Å². The zero-order valence-electron chi connectivity index (χ0n) is 23.3. The number of hydrogen-bond donors (Lipinski definition) is 3. The van der Waals surface area contributed by atoms with Crippen molar-refractivity contribution in [1.82, 2.24) is 15.5 Å². The Morgan fingerprint density at radius 2 is 1.68 bits per heavy atom. The quantitative estimate of drug-likeness (QED) is 0.290. The van der Waals surface area contributed by atoms with E-state index < -0.39 is 63.6 Å². The number of ketones is 1. The molecule has 5 atom stereocenters. The molecule has 3 fully saturated rings. The first-order chi connectivity index (χ1) is 19.2. The van der Waals surface area contributed by atoms with Crippen molar-refractivity contribution >= 4 is 52.8 Å². The Morgan fingerprint density at radius 1 is 1.07 bits per heavy atom. The van der Waals surface area contributed by atoms with Gasteiger partial charge in [-0.2, -0.15) is 0 Å².